The van der Waals surface area contributed by atoms with Crippen LogP contribution in [0.2, 0.25) is 0 Å². The van der Waals surface area contributed by atoms with E-state index in [0.29, 0.717) is 5.56 Å². The summed E-state index contributed by atoms with van der Waals surface area (Å²) in [5.41, 5.74) is 3.86. The highest BCUT2D eigenvalue weighted by Crippen LogP contribution is 2.30. The van der Waals surface area contributed by atoms with Gasteiger partial charge in [0.05, 0.1) is 5.56 Å². The van der Waals surface area contributed by atoms with Crippen LogP contribution in [0.1, 0.15) is 78.9 Å². The molecule has 0 atom stereocenters. The summed E-state index contributed by atoms with van der Waals surface area (Å²) < 4.78 is 0. The third-order valence-corrected chi connectivity index (χ3v) is 4.53. The van der Waals surface area contributed by atoms with Crippen molar-refractivity contribution in [1.29, 1.82) is 0 Å². The maximum Gasteiger partial charge on any atom is 0.335 e. The van der Waals surface area contributed by atoms with Crippen molar-refractivity contribution in [2.75, 3.05) is 0 Å². The molecule has 0 spiro atoms. The van der Waals surface area contributed by atoms with Gasteiger partial charge in [-0.25, -0.2) is 4.79 Å². The molecule has 2 aromatic rings. The lowest BCUT2D eigenvalue weighted by atomic mass is 9.79. The monoisotopic (exact) mass is 364 g/mol. The molecule has 0 amide bonds. The highest BCUT2D eigenvalue weighted by Gasteiger charge is 2.21. The molecule has 0 unspecified atom stereocenters. The third kappa shape index (κ3) is 5.40. The average molecular weight is 364 g/mol. The Morgan fingerprint density at radius 2 is 1.26 bits per heavy atom. The second kappa shape index (κ2) is 7.51. The first-order valence-electron chi connectivity index (χ1n) is 9.10. The largest absolute Gasteiger partial charge is 0.478 e. The molecule has 0 bridgehead atoms. The van der Waals surface area contributed by atoms with Gasteiger partial charge in [0, 0.05) is 5.56 Å². The zero-order valence-corrected chi connectivity index (χ0v) is 17.0. The van der Waals surface area contributed by atoms with Crippen LogP contribution in [0.5, 0.6) is 0 Å². The van der Waals surface area contributed by atoms with Crippen molar-refractivity contribution in [3.8, 4) is 0 Å². The van der Waals surface area contributed by atoms with Gasteiger partial charge in [-0.15, -0.1) is 0 Å². The van der Waals surface area contributed by atoms with Gasteiger partial charge in [0.15, 0.2) is 5.78 Å². The molecule has 0 fully saturated rings. The van der Waals surface area contributed by atoms with Crippen molar-refractivity contribution in [2.24, 2.45) is 0 Å². The minimum absolute atomic E-state index is 0.0489. The van der Waals surface area contributed by atoms with Crippen LogP contribution in [0.3, 0.4) is 0 Å². The molecule has 0 aromatic heterocycles. The van der Waals surface area contributed by atoms with Crippen molar-refractivity contribution in [1.82, 2.24) is 0 Å². The first-order valence-corrected chi connectivity index (χ1v) is 9.10. The van der Waals surface area contributed by atoms with E-state index in [0.717, 1.165) is 16.7 Å². The SMILES string of the molecule is CC(C)(C)c1cc(C(=O)/C=C/c2ccc(C(=O)O)cc2)cc(C(C)(C)C)c1. The number of benzene rings is 2. The number of allylic oxidation sites excluding steroid dienone is 1. The first kappa shape index (κ1) is 20.6. The van der Waals surface area contributed by atoms with Crippen molar-refractivity contribution in [2.45, 2.75) is 52.4 Å². The molecule has 1 N–H and O–H groups in total. The van der Waals surface area contributed by atoms with Crippen LogP contribution in [-0.2, 0) is 10.8 Å². The molecule has 0 radical (unpaired) electrons. The van der Waals surface area contributed by atoms with E-state index in [4.69, 9.17) is 5.11 Å². The van der Waals surface area contributed by atoms with Gasteiger partial charge in [0.25, 0.3) is 0 Å². The Labute approximate surface area is 161 Å². The maximum atomic E-state index is 12.8. The average Bonchev–Trinajstić information content (AvgIpc) is 2.58. The Balaban J connectivity index is 2.35. The lowest BCUT2D eigenvalue weighted by Gasteiger charge is -2.25. The van der Waals surface area contributed by atoms with E-state index in [2.05, 4.69) is 47.6 Å². The predicted molar refractivity (Wildman–Crippen MR) is 111 cm³/mol. The summed E-state index contributed by atoms with van der Waals surface area (Å²) in [4.78, 5) is 23.7. The quantitative estimate of drug-likeness (QED) is 0.545. The summed E-state index contributed by atoms with van der Waals surface area (Å²) in [7, 11) is 0. The minimum Gasteiger partial charge on any atom is -0.478 e. The molecule has 2 rings (SSSR count). The third-order valence-electron chi connectivity index (χ3n) is 4.53. The number of rotatable bonds is 4. The molecule has 0 saturated heterocycles. The maximum absolute atomic E-state index is 12.8. The lowest BCUT2D eigenvalue weighted by molar-refractivity contribution is 0.0696. The molecule has 142 valence electrons. The van der Waals surface area contributed by atoms with Gasteiger partial charge in [0.2, 0.25) is 0 Å². The first-order chi connectivity index (χ1) is 12.4. The number of carboxylic acids is 1. The van der Waals surface area contributed by atoms with Gasteiger partial charge in [-0.1, -0.05) is 65.8 Å². The van der Waals surface area contributed by atoms with Crippen LogP contribution in [0.15, 0.2) is 48.5 Å². The number of carbonyl (C=O) groups is 2. The number of aromatic carboxylic acids is 1. The molecule has 3 nitrogen and oxygen atoms in total. The van der Waals surface area contributed by atoms with Gasteiger partial charge in [-0.05, 0) is 57.9 Å². The van der Waals surface area contributed by atoms with Crippen LogP contribution < -0.4 is 0 Å². The lowest BCUT2D eigenvalue weighted by Crippen LogP contribution is -2.17. The second-order valence-corrected chi connectivity index (χ2v) is 8.92. The van der Waals surface area contributed by atoms with E-state index in [-0.39, 0.29) is 22.2 Å². The molecular weight excluding hydrogens is 336 g/mol. The Kier molecular flexibility index (Phi) is 5.74. The highest BCUT2D eigenvalue weighted by molar-refractivity contribution is 6.07. The Morgan fingerprint density at radius 3 is 1.67 bits per heavy atom. The molecular formula is C24H28O3. The number of ketones is 1. The van der Waals surface area contributed by atoms with Crippen LogP contribution >= 0.6 is 0 Å². The summed E-state index contributed by atoms with van der Waals surface area (Å²) in [5.74, 6) is -1.02. The number of hydrogen-bond donors (Lipinski definition) is 1. The van der Waals surface area contributed by atoms with Gasteiger partial charge >= 0.3 is 5.97 Å². The van der Waals surface area contributed by atoms with Crippen LogP contribution in [0.25, 0.3) is 6.08 Å². The molecule has 2 aromatic carbocycles. The van der Waals surface area contributed by atoms with E-state index < -0.39 is 5.97 Å². The van der Waals surface area contributed by atoms with Crippen LogP contribution in [-0.4, -0.2) is 16.9 Å². The summed E-state index contributed by atoms with van der Waals surface area (Å²) in [6, 6.07) is 12.6. The molecule has 0 saturated carbocycles. The van der Waals surface area contributed by atoms with E-state index in [9.17, 15) is 9.59 Å². The van der Waals surface area contributed by atoms with E-state index in [1.807, 2.05) is 12.1 Å². The highest BCUT2D eigenvalue weighted by atomic mass is 16.4. The van der Waals surface area contributed by atoms with Crippen LogP contribution in [0, 0.1) is 0 Å². The molecule has 0 aliphatic rings. The van der Waals surface area contributed by atoms with Crippen LogP contribution in [0.4, 0.5) is 0 Å². The van der Waals surface area contributed by atoms with Crippen molar-refractivity contribution >= 4 is 17.8 Å². The summed E-state index contributed by atoms with van der Waals surface area (Å²) in [6.07, 6.45) is 3.26. The smallest absolute Gasteiger partial charge is 0.335 e. The van der Waals surface area contributed by atoms with Crippen molar-refractivity contribution < 1.29 is 14.7 Å². The number of carbonyl (C=O) groups excluding carboxylic acids is 1. The zero-order valence-electron chi connectivity index (χ0n) is 17.0. The Morgan fingerprint density at radius 1 is 0.778 bits per heavy atom. The van der Waals surface area contributed by atoms with Gasteiger partial charge in [-0.3, -0.25) is 4.79 Å². The summed E-state index contributed by atoms with van der Waals surface area (Å²) >= 11 is 0. The Bertz CT molecular complexity index is 841. The molecule has 0 heterocycles. The topological polar surface area (TPSA) is 54.4 Å². The molecule has 3 heteroatoms. The fourth-order valence-electron chi connectivity index (χ4n) is 2.64. The zero-order chi connectivity index (χ0) is 20.4. The fourth-order valence-corrected chi connectivity index (χ4v) is 2.64. The van der Waals surface area contributed by atoms with E-state index in [1.54, 1.807) is 24.3 Å². The van der Waals surface area contributed by atoms with Gasteiger partial charge in [-0.2, -0.15) is 0 Å². The Hall–Kier alpha value is -2.68. The summed E-state index contributed by atoms with van der Waals surface area (Å²) in [5, 5.41) is 8.95. The normalized spacial score (nSPS) is 12.4. The van der Waals surface area contributed by atoms with E-state index in [1.165, 1.54) is 12.1 Å². The molecule has 0 aliphatic heterocycles. The molecule has 0 aliphatic carbocycles. The minimum atomic E-state index is -0.963. The van der Waals surface area contributed by atoms with Crippen molar-refractivity contribution in [3.63, 3.8) is 0 Å². The van der Waals surface area contributed by atoms with E-state index >= 15 is 0 Å². The second-order valence-electron chi connectivity index (χ2n) is 8.92. The number of hydrogen-bond acceptors (Lipinski definition) is 2. The van der Waals surface area contributed by atoms with Gasteiger partial charge < -0.3 is 5.11 Å². The fraction of sp³-hybridized carbons (Fsp3) is 0.333. The number of carboxylic acid groups (broad SMARTS) is 1. The predicted octanol–water partition coefficient (Wildman–Crippen LogP) is 5.88. The summed E-state index contributed by atoms with van der Waals surface area (Å²) in [6.45, 7) is 12.9. The standard InChI is InChI=1S/C24H28O3/c1-23(2,3)19-13-18(14-20(15-19)24(4,5)6)21(25)12-9-16-7-10-17(11-8-16)22(26)27/h7-15H,1-6H3,(H,26,27)/b12-9+. The molecule has 27 heavy (non-hydrogen) atoms. The van der Waals surface area contributed by atoms with Gasteiger partial charge in [0.1, 0.15) is 0 Å². The van der Waals surface area contributed by atoms with Crippen molar-refractivity contribution in [3.05, 3.63) is 76.4 Å².